The van der Waals surface area contributed by atoms with Gasteiger partial charge in [0.2, 0.25) is 0 Å². The molecule has 0 heterocycles. The van der Waals surface area contributed by atoms with Crippen molar-refractivity contribution in [2.24, 2.45) is 11.8 Å². The summed E-state index contributed by atoms with van der Waals surface area (Å²) < 4.78 is 0. The number of hydrogen-bond acceptors (Lipinski definition) is 2. The van der Waals surface area contributed by atoms with Crippen molar-refractivity contribution >= 4 is 11.4 Å². The van der Waals surface area contributed by atoms with Crippen LogP contribution in [0.4, 0.5) is 0 Å². The van der Waals surface area contributed by atoms with Gasteiger partial charge in [-0.15, -0.1) is 0 Å². The van der Waals surface area contributed by atoms with Gasteiger partial charge in [-0.1, -0.05) is 13.0 Å². The van der Waals surface area contributed by atoms with E-state index >= 15 is 0 Å². The van der Waals surface area contributed by atoms with Gasteiger partial charge in [-0.3, -0.25) is 4.79 Å². The highest BCUT2D eigenvalue weighted by molar-refractivity contribution is 6.06. The van der Waals surface area contributed by atoms with E-state index in [4.69, 9.17) is 0 Å². The van der Waals surface area contributed by atoms with Gasteiger partial charge in [0.1, 0.15) is 5.75 Å². The second-order valence-electron chi connectivity index (χ2n) is 5.28. The lowest BCUT2D eigenvalue weighted by molar-refractivity contribution is -0.119. The summed E-state index contributed by atoms with van der Waals surface area (Å²) in [4.78, 5) is 12.0. The van der Waals surface area contributed by atoms with E-state index in [1.807, 2.05) is 26.0 Å². The maximum atomic E-state index is 12.0. The molecule has 0 amide bonds. The van der Waals surface area contributed by atoms with Crippen LogP contribution in [0.15, 0.2) is 23.8 Å². The topological polar surface area (TPSA) is 37.3 Å². The van der Waals surface area contributed by atoms with Crippen molar-refractivity contribution in [1.82, 2.24) is 0 Å². The minimum Gasteiger partial charge on any atom is -0.508 e. The minimum absolute atomic E-state index is 0.145. The number of ketones is 1. The number of benzene rings is 1. The van der Waals surface area contributed by atoms with E-state index < -0.39 is 0 Å². The van der Waals surface area contributed by atoms with Crippen LogP contribution in [0.5, 0.6) is 5.75 Å². The Kier molecular flexibility index (Phi) is 2.15. The Bertz CT molecular complexity index is 540. The Morgan fingerprint density at radius 1 is 1.35 bits per heavy atom. The lowest BCUT2D eigenvalue weighted by Gasteiger charge is -2.25. The lowest BCUT2D eigenvalue weighted by atomic mass is 9.77. The maximum absolute atomic E-state index is 12.0. The SMILES string of the molecule is CC1=C2c3ccc(O)cc3CC2C[C@H](C)C1=O. The van der Waals surface area contributed by atoms with Gasteiger partial charge in [0.15, 0.2) is 5.78 Å². The Morgan fingerprint density at radius 2 is 2.12 bits per heavy atom. The van der Waals surface area contributed by atoms with Crippen LogP contribution in [0.3, 0.4) is 0 Å². The van der Waals surface area contributed by atoms with Crippen LogP contribution >= 0.6 is 0 Å². The van der Waals surface area contributed by atoms with E-state index in [9.17, 15) is 9.90 Å². The molecule has 0 radical (unpaired) electrons. The standard InChI is InChI=1S/C15H16O2/c1-8-5-11-6-10-7-12(16)3-4-13(10)14(11)9(2)15(8)17/h3-4,7-8,11,16H,5-6H2,1-2H3/t8-,11?/m0/s1. The normalized spacial score (nSPS) is 27.1. The summed E-state index contributed by atoms with van der Waals surface area (Å²) in [5.41, 5.74) is 4.51. The third-order valence-corrected chi connectivity index (χ3v) is 4.11. The number of carbonyl (C=O) groups is 1. The molecule has 0 saturated carbocycles. The molecule has 0 aromatic heterocycles. The van der Waals surface area contributed by atoms with Crippen molar-refractivity contribution in [3.63, 3.8) is 0 Å². The Balaban J connectivity index is 2.18. The van der Waals surface area contributed by atoms with Gasteiger partial charge < -0.3 is 5.11 Å². The van der Waals surface area contributed by atoms with Crippen molar-refractivity contribution in [1.29, 1.82) is 0 Å². The number of hydrogen-bond donors (Lipinski definition) is 1. The molecule has 0 fully saturated rings. The highest BCUT2D eigenvalue weighted by Gasteiger charge is 2.36. The minimum atomic E-state index is 0.145. The fourth-order valence-electron chi connectivity index (χ4n) is 3.34. The summed E-state index contributed by atoms with van der Waals surface area (Å²) in [7, 11) is 0. The molecular weight excluding hydrogens is 212 g/mol. The maximum Gasteiger partial charge on any atom is 0.161 e. The Morgan fingerprint density at radius 3 is 2.88 bits per heavy atom. The van der Waals surface area contributed by atoms with Crippen LogP contribution in [0.1, 0.15) is 31.4 Å². The smallest absolute Gasteiger partial charge is 0.161 e. The van der Waals surface area contributed by atoms with Crippen LogP contribution < -0.4 is 0 Å². The van der Waals surface area contributed by atoms with Crippen molar-refractivity contribution in [2.45, 2.75) is 26.7 Å². The number of carbonyl (C=O) groups excluding carboxylic acids is 1. The van der Waals surface area contributed by atoms with Gasteiger partial charge in [-0.05, 0) is 60.1 Å². The van der Waals surface area contributed by atoms with Gasteiger partial charge in [0.25, 0.3) is 0 Å². The van der Waals surface area contributed by atoms with E-state index in [2.05, 4.69) is 0 Å². The molecule has 1 aromatic carbocycles. The first kappa shape index (κ1) is 10.6. The molecular formula is C15H16O2. The van der Waals surface area contributed by atoms with Crippen LogP contribution in [0.25, 0.3) is 5.57 Å². The first-order valence-electron chi connectivity index (χ1n) is 6.15. The second-order valence-corrected chi connectivity index (χ2v) is 5.28. The number of allylic oxidation sites excluding steroid dienone is 2. The summed E-state index contributed by atoms with van der Waals surface area (Å²) in [5, 5.41) is 9.52. The lowest BCUT2D eigenvalue weighted by Crippen LogP contribution is -2.23. The van der Waals surface area contributed by atoms with Gasteiger partial charge in [-0.25, -0.2) is 0 Å². The average Bonchev–Trinajstić information content (AvgIpc) is 2.63. The fourth-order valence-corrected chi connectivity index (χ4v) is 3.34. The van der Waals surface area contributed by atoms with E-state index in [1.54, 1.807) is 6.07 Å². The molecule has 0 bridgehead atoms. The summed E-state index contributed by atoms with van der Waals surface area (Å²) in [6.45, 7) is 3.96. The van der Waals surface area contributed by atoms with Crippen molar-refractivity contribution in [3.05, 3.63) is 34.9 Å². The predicted octanol–water partition coefficient (Wildman–Crippen LogP) is 2.95. The van der Waals surface area contributed by atoms with Gasteiger partial charge in [0.05, 0.1) is 0 Å². The molecule has 2 aliphatic rings. The number of fused-ring (bicyclic) bond motifs is 3. The molecule has 0 aliphatic heterocycles. The summed E-state index contributed by atoms with van der Waals surface area (Å²) >= 11 is 0. The fraction of sp³-hybridized carbons (Fsp3) is 0.400. The third-order valence-electron chi connectivity index (χ3n) is 4.11. The van der Waals surface area contributed by atoms with E-state index in [1.165, 1.54) is 16.7 Å². The molecule has 2 aliphatic carbocycles. The van der Waals surface area contributed by atoms with Crippen LogP contribution in [0.2, 0.25) is 0 Å². The van der Waals surface area contributed by atoms with Crippen molar-refractivity contribution < 1.29 is 9.90 Å². The molecule has 0 saturated heterocycles. The van der Waals surface area contributed by atoms with E-state index in [-0.39, 0.29) is 11.7 Å². The van der Waals surface area contributed by atoms with Crippen molar-refractivity contribution in [3.8, 4) is 5.75 Å². The molecule has 1 N–H and O–H groups in total. The van der Waals surface area contributed by atoms with E-state index in [0.29, 0.717) is 11.7 Å². The number of Topliss-reactive ketones (excluding diaryl/α,β-unsaturated/α-hetero) is 1. The molecule has 1 aromatic rings. The van der Waals surface area contributed by atoms with Crippen molar-refractivity contribution in [2.75, 3.05) is 0 Å². The number of phenolic OH excluding ortho intramolecular Hbond substituents is 1. The second kappa shape index (κ2) is 3.46. The first-order chi connectivity index (χ1) is 8.08. The predicted molar refractivity (Wildman–Crippen MR) is 66.7 cm³/mol. The third kappa shape index (κ3) is 1.43. The molecule has 1 unspecified atom stereocenters. The zero-order valence-electron chi connectivity index (χ0n) is 10.2. The van der Waals surface area contributed by atoms with Gasteiger partial charge in [-0.2, -0.15) is 0 Å². The molecule has 3 rings (SSSR count). The largest absolute Gasteiger partial charge is 0.508 e. The Labute approximate surface area is 101 Å². The molecule has 88 valence electrons. The summed E-state index contributed by atoms with van der Waals surface area (Å²) in [5.74, 6) is 1.23. The zero-order chi connectivity index (χ0) is 12.2. The van der Waals surface area contributed by atoms with Crippen LogP contribution in [0, 0.1) is 11.8 Å². The number of aromatic hydroxyl groups is 1. The van der Waals surface area contributed by atoms with Gasteiger partial charge in [0, 0.05) is 5.92 Å². The molecule has 2 heteroatoms. The van der Waals surface area contributed by atoms with Crippen LogP contribution in [-0.2, 0) is 11.2 Å². The van der Waals surface area contributed by atoms with E-state index in [0.717, 1.165) is 18.4 Å². The molecule has 2 nitrogen and oxygen atoms in total. The highest BCUT2D eigenvalue weighted by Crippen LogP contribution is 2.46. The molecule has 17 heavy (non-hydrogen) atoms. The molecule has 0 spiro atoms. The summed E-state index contributed by atoms with van der Waals surface area (Å²) in [6.07, 6.45) is 1.91. The average molecular weight is 228 g/mol. The quantitative estimate of drug-likeness (QED) is 0.741. The number of phenols is 1. The first-order valence-corrected chi connectivity index (χ1v) is 6.15. The highest BCUT2D eigenvalue weighted by atomic mass is 16.3. The summed E-state index contributed by atoms with van der Waals surface area (Å²) in [6, 6.07) is 5.50. The van der Waals surface area contributed by atoms with Crippen LogP contribution in [-0.4, -0.2) is 10.9 Å². The Hall–Kier alpha value is -1.57. The number of rotatable bonds is 0. The monoisotopic (exact) mass is 228 g/mol. The van der Waals surface area contributed by atoms with Gasteiger partial charge >= 0.3 is 0 Å². The zero-order valence-corrected chi connectivity index (χ0v) is 10.2. The molecule has 2 atom stereocenters.